The molecule has 1 fully saturated rings. The van der Waals surface area contributed by atoms with Crippen LogP contribution in [0.25, 0.3) is 16.9 Å². The van der Waals surface area contributed by atoms with E-state index in [1.165, 1.54) is 6.20 Å². The molecule has 1 aliphatic rings. The van der Waals surface area contributed by atoms with Crippen LogP contribution in [0.4, 0.5) is 18.9 Å². The van der Waals surface area contributed by atoms with Crippen LogP contribution >= 0.6 is 0 Å². The Morgan fingerprint density at radius 3 is 2.71 bits per heavy atom. The average Bonchev–Trinajstić information content (AvgIpc) is 3.36. The van der Waals surface area contributed by atoms with Gasteiger partial charge in [-0.3, -0.25) is 24.6 Å². The molecule has 0 spiro atoms. The van der Waals surface area contributed by atoms with Gasteiger partial charge < -0.3 is 9.64 Å². The number of alkyl halides is 3. The number of Topliss-reactive ketones (excluding diaryl/α,β-unsaturated/α-hetero) is 1. The molecule has 4 aromatic heterocycles. The number of methoxy groups -OCH3 is 1. The fourth-order valence-electron chi connectivity index (χ4n) is 4.85. The summed E-state index contributed by atoms with van der Waals surface area (Å²) in [6.07, 6.45) is 4.18. The van der Waals surface area contributed by atoms with Crippen molar-refractivity contribution in [2.45, 2.75) is 25.9 Å². The number of carbonyl (C=O) groups is 1. The molecule has 1 aliphatic heterocycles. The SMILES string of the molecule is COCCN1CCCN(c2cncc(-c3cn(-c4cc(CC(=O)c5cc(C(F)(F)F)ccn5)cnc4C)nn3)c2)CC1. The molecule has 5 heterocycles. The minimum Gasteiger partial charge on any atom is -0.383 e. The van der Waals surface area contributed by atoms with Crippen molar-refractivity contribution in [3.05, 3.63) is 77.8 Å². The summed E-state index contributed by atoms with van der Waals surface area (Å²) in [7, 11) is 1.72. The normalized spacial score (nSPS) is 14.6. The number of pyridine rings is 3. The minimum atomic E-state index is -4.56. The summed E-state index contributed by atoms with van der Waals surface area (Å²) in [5.74, 6) is -0.546. The summed E-state index contributed by atoms with van der Waals surface area (Å²) in [6, 6.07) is 5.38. The number of aromatic nitrogens is 6. The Balaban J connectivity index is 1.31. The number of hydrogen-bond donors (Lipinski definition) is 0. The van der Waals surface area contributed by atoms with Crippen molar-refractivity contribution < 1.29 is 22.7 Å². The van der Waals surface area contributed by atoms with Crippen LogP contribution in [0, 0.1) is 6.92 Å². The first kappa shape index (κ1) is 29.3. The molecule has 10 nitrogen and oxygen atoms in total. The Kier molecular flexibility index (Phi) is 8.88. The molecule has 0 bridgehead atoms. The number of rotatable bonds is 9. The lowest BCUT2D eigenvalue weighted by atomic mass is 10.1. The van der Waals surface area contributed by atoms with Crippen molar-refractivity contribution in [2.24, 2.45) is 0 Å². The molecular formula is C29H31F3N8O2. The Morgan fingerprint density at radius 1 is 1.05 bits per heavy atom. The molecule has 42 heavy (non-hydrogen) atoms. The minimum absolute atomic E-state index is 0.166. The predicted octanol–water partition coefficient (Wildman–Crippen LogP) is 4.03. The highest BCUT2D eigenvalue weighted by molar-refractivity contribution is 5.95. The van der Waals surface area contributed by atoms with Crippen LogP contribution in [0.1, 0.15) is 33.7 Å². The zero-order chi connectivity index (χ0) is 29.7. The summed E-state index contributed by atoms with van der Waals surface area (Å²) in [5.41, 5.74) is 3.03. The van der Waals surface area contributed by atoms with Crippen LogP contribution in [0.3, 0.4) is 0 Å². The summed E-state index contributed by atoms with van der Waals surface area (Å²) in [5, 5.41) is 8.63. The lowest BCUT2D eigenvalue weighted by Crippen LogP contribution is -2.32. The van der Waals surface area contributed by atoms with E-state index in [1.807, 2.05) is 6.20 Å². The summed E-state index contributed by atoms with van der Waals surface area (Å²) < 4.78 is 46.0. The number of ketones is 1. The highest BCUT2D eigenvalue weighted by Crippen LogP contribution is 2.29. The van der Waals surface area contributed by atoms with Gasteiger partial charge in [-0.15, -0.1) is 5.10 Å². The van der Waals surface area contributed by atoms with E-state index in [2.05, 4.69) is 41.1 Å². The molecule has 0 unspecified atom stereocenters. The van der Waals surface area contributed by atoms with E-state index < -0.39 is 17.5 Å². The summed E-state index contributed by atoms with van der Waals surface area (Å²) in [6.45, 7) is 7.20. The van der Waals surface area contributed by atoms with Gasteiger partial charge in [0.1, 0.15) is 11.4 Å². The van der Waals surface area contributed by atoms with E-state index in [-0.39, 0.29) is 12.1 Å². The molecule has 13 heteroatoms. The number of hydrogen-bond acceptors (Lipinski definition) is 9. The summed E-state index contributed by atoms with van der Waals surface area (Å²) >= 11 is 0. The molecule has 0 saturated carbocycles. The van der Waals surface area contributed by atoms with Gasteiger partial charge >= 0.3 is 6.18 Å². The predicted molar refractivity (Wildman–Crippen MR) is 150 cm³/mol. The van der Waals surface area contributed by atoms with Gasteiger partial charge in [-0.05, 0) is 49.7 Å². The van der Waals surface area contributed by atoms with Crippen molar-refractivity contribution in [3.8, 4) is 16.9 Å². The van der Waals surface area contributed by atoms with Crippen LogP contribution in [-0.4, -0.2) is 87.1 Å². The Labute approximate surface area is 241 Å². The molecule has 0 N–H and O–H groups in total. The highest BCUT2D eigenvalue weighted by Gasteiger charge is 2.31. The van der Waals surface area contributed by atoms with Gasteiger partial charge in [0.05, 0.1) is 41.6 Å². The van der Waals surface area contributed by atoms with E-state index >= 15 is 0 Å². The van der Waals surface area contributed by atoms with E-state index in [0.717, 1.165) is 68.7 Å². The number of anilines is 1. The highest BCUT2D eigenvalue weighted by atomic mass is 19.4. The second-order valence-corrected chi connectivity index (χ2v) is 10.1. The van der Waals surface area contributed by atoms with Crippen molar-refractivity contribution in [2.75, 3.05) is 51.3 Å². The zero-order valence-electron chi connectivity index (χ0n) is 23.4. The first-order chi connectivity index (χ1) is 20.2. The van der Waals surface area contributed by atoms with Gasteiger partial charge in [0.2, 0.25) is 0 Å². The van der Waals surface area contributed by atoms with Gasteiger partial charge in [-0.25, -0.2) is 4.68 Å². The molecule has 0 atom stereocenters. The van der Waals surface area contributed by atoms with E-state index in [0.29, 0.717) is 29.2 Å². The monoisotopic (exact) mass is 580 g/mol. The average molecular weight is 581 g/mol. The maximum Gasteiger partial charge on any atom is 0.416 e. The molecule has 4 aromatic rings. The second-order valence-electron chi connectivity index (χ2n) is 10.1. The van der Waals surface area contributed by atoms with E-state index in [1.54, 1.807) is 37.2 Å². The third-order valence-corrected chi connectivity index (χ3v) is 7.18. The molecule has 1 saturated heterocycles. The lowest BCUT2D eigenvalue weighted by molar-refractivity contribution is -0.137. The van der Waals surface area contributed by atoms with Crippen molar-refractivity contribution in [1.29, 1.82) is 0 Å². The second kappa shape index (κ2) is 12.7. The Morgan fingerprint density at radius 2 is 1.90 bits per heavy atom. The fraction of sp³-hybridized carbons (Fsp3) is 0.379. The molecule has 0 radical (unpaired) electrons. The molecule has 0 aliphatic carbocycles. The van der Waals surface area contributed by atoms with Crippen LogP contribution in [0.2, 0.25) is 0 Å². The van der Waals surface area contributed by atoms with Gasteiger partial charge in [-0.1, -0.05) is 5.21 Å². The van der Waals surface area contributed by atoms with Crippen LogP contribution < -0.4 is 4.90 Å². The lowest BCUT2D eigenvalue weighted by Gasteiger charge is -2.23. The smallest absolute Gasteiger partial charge is 0.383 e. The zero-order valence-corrected chi connectivity index (χ0v) is 23.4. The maximum absolute atomic E-state index is 13.1. The Bertz CT molecular complexity index is 1540. The van der Waals surface area contributed by atoms with Gasteiger partial charge in [0.25, 0.3) is 0 Å². The number of ether oxygens (including phenoxy) is 1. The molecule has 0 aromatic carbocycles. The summed E-state index contributed by atoms with van der Waals surface area (Å²) in [4.78, 5) is 30.1. The number of carbonyl (C=O) groups excluding carboxylic acids is 1. The first-order valence-electron chi connectivity index (χ1n) is 13.6. The van der Waals surface area contributed by atoms with Crippen LogP contribution in [0.15, 0.2) is 55.2 Å². The third kappa shape index (κ3) is 6.97. The van der Waals surface area contributed by atoms with Crippen LogP contribution in [0.5, 0.6) is 0 Å². The third-order valence-electron chi connectivity index (χ3n) is 7.18. The number of halogens is 3. The van der Waals surface area contributed by atoms with E-state index in [4.69, 9.17) is 4.74 Å². The Hall–Kier alpha value is -4.23. The maximum atomic E-state index is 13.1. The molecule has 5 rings (SSSR count). The van der Waals surface area contributed by atoms with Crippen LogP contribution in [-0.2, 0) is 17.3 Å². The first-order valence-corrected chi connectivity index (χ1v) is 13.6. The number of aryl methyl sites for hydroxylation is 1. The van der Waals surface area contributed by atoms with Crippen molar-refractivity contribution >= 4 is 11.5 Å². The van der Waals surface area contributed by atoms with Gasteiger partial charge in [-0.2, -0.15) is 13.2 Å². The van der Waals surface area contributed by atoms with E-state index in [9.17, 15) is 18.0 Å². The molecule has 0 amide bonds. The van der Waals surface area contributed by atoms with Gasteiger partial charge in [0, 0.05) is 63.9 Å². The van der Waals surface area contributed by atoms with Crippen molar-refractivity contribution in [1.82, 2.24) is 34.8 Å². The van der Waals surface area contributed by atoms with Gasteiger partial charge in [0.15, 0.2) is 5.78 Å². The standard InChI is InChI=1S/C29H31F3N8O2/c1-20-27(12-21(16-35-20)13-28(41)25-15-23(4-5-34-25)29(30,31)32)40-19-26(36-37-40)22-14-24(18-33-17-22)39-7-3-6-38(8-9-39)10-11-42-2/h4-5,12,14-19H,3,6-11,13H2,1-2H3. The quantitative estimate of drug-likeness (QED) is 0.272. The fourth-order valence-corrected chi connectivity index (χ4v) is 4.85. The topological polar surface area (TPSA) is 102 Å². The van der Waals surface area contributed by atoms with Crippen molar-refractivity contribution in [3.63, 3.8) is 0 Å². The number of nitrogens with zero attached hydrogens (tertiary/aromatic N) is 8. The molecular weight excluding hydrogens is 549 g/mol. The molecule has 220 valence electrons. The largest absolute Gasteiger partial charge is 0.416 e.